The molecule has 2 heterocycles. The lowest BCUT2D eigenvalue weighted by molar-refractivity contribution is -0.127. The SMILES string of the molecule is CCOC(=O)Oc1ccc2c3c1O[C@H]1C(=O)C=C[C@H]4[C@H](C2)N(C(=O)OCC)CC[C@@]314. The number of hydrogen-bond acceptors (Lipinski definition) is 7. The Morgan fingerprint density at radius 1 is 1.23 bits per heavy atom. The van der Waals surface area contributed by atoms with Gasteiger partial charge in [-0.1, -0.05) is 12.1 Å². The van der Waals surface area contributed by atoms with Crippen molar-refractivity contribution in [2.24, 2.45) is 5.92 Å². The number of hydrogen-bond donors (Lipinski definition) is 0. The van der Waals surface area contributed by atoms with Gasteiger partial charge < -0.3 is 23.8 Å². The summed E-state index contributed by atoms with van der Waals surface area (Å²) in [7, 11) is 0. The highest BCUT2D eigenvalue weighted by molar-refractivity contribution is 5.98. The van der Waals surface area contributed by atoms with Crippen LogP contribution in [-0.2, 0) is 26.1 Å². The van der Waals surface area contributed by atoms with Gasteiger partial charge >= 0.3 is 12.2 Å². The van der Waals surface area contributed by atoms with Crippen molar-refractivity contribution in [2.45, 2.75) is 44.2 Å². The monoisotopic (exact) mass is 413 g/mol. The van der Waals surface area contributed by atoms with Crippen LogP contribution in [0, 0.1) is 5.92 Å². The van der Waals surface area contributed by atoms with Crippen LogP contribution in [0.25, 0.3) is 0 Å². The summed E-state index contributed by atoms with van der Waals surface area (Å²) in [6.45, 7) is 4.47. The van der Waals surface area contributed by atoms with E-state index in [4.69, 9.17) is 18.9 Å². The summed E-state index contributed by atoms with van der Waals surface area (Å²) in [5.41, 5.74) is 1.36. The minimum Gasteiger partial charge on any atom is -0.477 e. The molecule has 1 fully saturated rings. The molecule has 1 aromatic rings. The fourth-order valence-electron chi connectivity index (χ4n) is 5.64. The van der Waals surface area contributed by atoms with Gasteiger partial charge in [-0.2, -0.15) is 0 Å². The van der Waals surface area contributed by atoms with E-state index in [9.17, 15) is 14.4 Å². The van der Waals surface area contributed by atoms with Gasteiger partial charge in [0, 0.05) is 24.1 Å². The molecule has 1 saturated heterocycles. The van der Waals surface area contributed by atoms with Crippen LogP contribution in [0.4, 0.5) is 9.59 Å². The zero-order valence-corrected chi connectivity index (χ0v) is 16.9. The average molecular weight is 413 g/mol. The highest BCUT2D eigenvalue weighted by Gasteiger charge is 2.65. The second-order valence-electron chi connectivity index (χ2n) is 7.95. The minimum atomic E-state index is -0.809. The van der Waals surface area contributed by atoms with Gasteiger partial charge in [0.25, 0.3) is 0 Å². The summed E-state index contributed by atoms with van der Waals surface area (Å²) in [5, 5.41) is 0. The van der Waals surface area contributed by atoms with E-state index in [1.807, 2.05) is 12.1 Å². The lowest BCUT2D eigenvalue weighted by atomic mass is 9.53. The molecular weight excluding hydrogens is 390 g/mol. The molecule has 1 aromatic carbocycles. The van der Waals surface area contributed by atoms with Crippen molar-refractivity contribution in [3.63, 3.8) is 0 Å². The molecule has 2 bridgehead atoms. The largest absolute Gasteiger partial charge is 0.513 e. The normalized spacial score (nSPS) is 29.7. The van der Waals surface area contributed by atoms with Crippen molar-refractivity contribution >= 4 is 18.0 Å². The van der Waals surface area contributed by atoms with Gasteiger partial charge in [0.15, 0.2) is 23.4 Å². The number of amides is 1. The quantitative estimate of drug-likeness (QED) is 0.556. The zero-order valence-electron chi connectivity index (χ0n) is 16.9. The molecule has 0 saturated carbocycles. The molecule has 30 heavy (non-hydrogen) atoms. The standard InChI is InChI=1S/C22H23NO7/c1-3-27-20(25)23-10-9-22-13-6-7-15(24)19(22)30-18-16(29-21(26)28-4-2)8-5-12(17(18)22)11-14(13)23/h5-8,13-14,19H,3-4,9-11H2,1-2H3/t13-,14-,19-,22+/m0/s1. The lowest BCUT2D eigenvalue weighted by Gasteiger charge is -2.55. The van der Waals surface area contributed by atoms with Crippen LogP contribution < -0.4 is 9.47 Å². The Hall–Kier alpha value is -3.03. The first-order valence-electron chi connectivity index (χ1n) is 10.3. The number of nitrogens with zero attached hydrogens (tertiary/aromatic N) is 1. The molecule has 1 amide bonds. The number of likely N-dealkylation sites (tertiary alicyclic amines) is 1. The molecule has 2 aliphatic carbocycles. The summed E-state index contributed by atoms with van der Waals surface area (Å²) < 4.78 is 21.7. The van der Waals surface area contributed by atoms with E-state index in [-0.39, 0.29) is 36.2 Å². The number of piperidine rings is 1. The van der Waals surface area contributed by atoms with Crippen LogP contribution in [0.3, 0.4) is 0 Å². The number of carbonyl (C=O) groups is 3. The fraction of sp³-hybridized carbons (Fsp3) is 0.500. The predicted molar refractivity (Wildman–Crippen MR) is 104 cm³/mol. The van der Waals surface area contributed by atoms with Gasteiger partial charge in [0.1, 0.15) is 0 Å². The van der Waals surface area contributed by atoms with Gasteiger partial charge in [-0.05, 0) is 44.4 Å². The van der Waals surface area contributed by atoms with Crippen molar-refractivity contribution in [2.75, 3.05) is 19.8 Å². The summed E-state index contributed by atoms with van der Waals surface area (Å²) >= 11 is 0. The highest BCUT2D eigenvalue weighted by atomic mass is 16.7. The van der Waals surface area contributed by atoms with E-state index in [1.54, 1.807) is 30.9 Å². The Kier molecular flexibility index (Phi) is 4.27. The van der Waals surface area contributed by atoms with E-state index in [2.05, 4.69) is 0 Å². The molecular formula is C22H23NO7. The van der Waals surface area contributed by atoms with E-state index in [1.165, 1.54) is 0 Å². The van der Waals surface area contributed by atoms with Crippen molar-refractivity contribution in [3.05, 3.63) is 35.4 Å². The molecule has 1 spiro atoms. The van der Waals surface area contributed by atoms with Crippen LogP contribution in [0.5, 0.6) is 11.5 Å². The van der Waals surface area contributed by atoms with E-state index in [0.29, 0.717) is 31.7 Å². The topological polar surface area (TPSA) is 91.4 Å². The second kappa shape index (κ2) is 6.75. The Labute approximate surface area is 173 Å². The van der Waals surface area contributed by atoms with Gasteiger partial charge in [0.05, 0.1) is 18.6 Å². The Bertz CT molecular complexity index is 970. The Balaban J connectivity index is 1.62. The summed E-state index contributed by atoms with van der Waals surface area (Å²) in [5.74, 6) is 0.509. The van der Waals surface area contributed by atoms with Crippen LogP contribution in [0.1, 0.15) is 31.4 Å². The first kappa shape index (κ1) is 19.0. The molecule has 158 valence electrons. The van der Waals surface area contributed by atoms with Crippen LogP contribution in [-0.4, -0.2) is 54.8 Å². The fourth-order valence-corrected chi connectivity index (χ4v) is 5.64. The maximum absolute atomic E-state index is 12.8. The third-order valence-corrected chi connectivity index (χ3v) is 6.67. The summed E-state index contributed by atoms with van der Waals surface area (Å²) in [6, 6.07) is 3.44. The van der Waals surface area contributed by atoms with Crippen LogP contribution >= 0.6 is 0 Å². The number of ketones is 1. The maximum atomic E-state index is 12.8. The number of ether oxygens (including phenoxy) is 4. The third-order valence-electron chi connectivity index (χ3n) is 6.67. The second-order valence-corrected chi connectivity index (χ2v) is 7.95. The molecule has 8 heteroatoms. The minimum absolute atomic E-state index is 0.0788. The molecule has 5 rings (SSSR count). The van der Waals surface area contributed by atoms with Crippen LogP contribution in [0.2, 0.25) is 0 Å². The summed E-state index contributed by atoms with van der Waals surface area (Å²) in [6.07, 6.45) is 2.81. The van der Waals surface area contributed by atoms with Gasteiger partial charge in [-0.3, -0.25) is 4.79 Å². The summed E-state index contributed by atoms with van der Waals surface area (Å²) in [4.78, 5) is 39.1. The van der Waals surface area contributed by atoms with Gasteiger partial charge in [0.2, 0.25) is 0 Å². The van der Waals surface area contributed by atoms with Crippen molar-refractivity contribution in [1.82, 2.24) is 4.90 Å². The number of benzene rings is 1. The van der Waals surface area contributed by atoms with E-state index in [0.717, 1.165) is 11.1 Å². The molecule has 0 radical (unpaired) electrons. The average Bonchev–Trinajstić information content (AvgIpc) is 3.06. The van der Waals surface area contributed by atoms with Crippen molar-refractivity contribution in [3.8, 4) is 11.5 Å². The molecule has 4 atom stereocenters. The van der Waals surface area contributed by atoms with E-state index >= 15 is 0 Å². The molecule has 2 aliphatic heterocycles. The highest BCUT2D eigenvalue weighted by Crippen LogP contribution is 2.62. The van der Waals surface area contributed by atoms with E-state index < -0.39 is 17.7 Å². The molecule has 4 aliphatic rings. The van der Waals surface area contributed by atoms with Crippen molar-refractivity contribution in [1.29, 1.82) is 0 Å². The first-order valence-corrected chi connectivity index (χ1v) is 10.3. The number of carbonyl (C=O) groups excluding carboxylic acids is 3. The zero-order chi connectivity index (χ0) is 21.0. The van der Waals surface area contributed by atoms with Gasteiger partial charge in [-0.25, -0.2) is 9.59 Å². The Morgan fingerprint density at radius 3 is 2.80 bits per heavy atom. The number of rotatable bonds is 3. The molecule has 8 nitrogen and oxygen atoms in total. The Morgan fingerprint density at radius 2 is 2.03 bits per heavy atom. The predicted octanol–water partition coefficient (Wildman–Crippen LogP) is 2.76. The van der Waals surface area contributed by atoms with Crippen LogP contribution in [0.15, 0.2) is 24.3 Å². The smallest absolute Gasteiger partial charge is 0.477 e. The van der Waals surface area contributed by atoms with Gasteiger partial charge in [-0.15, -0.1) is 0 Å². The molecule has 0 aromatic heterocycles. The van der Waals surface area contributed by atoms with Crippen molar-refractivity contribution < 1.29 is 33.3 Å². The maximum Gasteiger partial charge on any atom is 0.513 e. The lowest BCUT2D eigenvalue weighted by Crippen LogP contribution is -2.65. The first-order chi connectivity index (χ1) is 14.5. The molecule has 0 unspecified atom stereocenters. The third kappa shape index (κ3) is 2.42. The molecule has 0 N–H and O–H groups in total.